The minimum Gasteiger partial charge on any atom is -0.465 e. The number of carbonyl (C=O) groups is 1. The van der Waals surface area contributed by atoms with E-state index in [2.05, 4.69) is 12.7 Å². The Morgan fingerprint density at radius 1 is 1.06 bits per heavy atom. The number of carboxylic acid groups (broad SMARTS) is 1. The van der Waals surface area contributed by atoms with Crippen LogP contribution in [0.15, 0.2) is 0 Å². The highest BCUT2D eigenvalue weighted by Crippen LogP contribution is 2.08. The van der Waals surface area contributed by atoms with Crippen molar-refractivity contribution in [2.24, 2.45) is 22.9 Å². The van der Waals surface area contributed by atoms with Gasteiger partial charge in [-0.05, 0) is 12.8 Å². The van der Waals surface area contributed by atoms with Gasteiger partial charge in [0, 0.05) is 0 Å². The second-order valence-electron chi connectivity index (χ2n) is 3.97. The Morgan fingerprint density at radius 3 is 1.81 bits per heavy atom. The Bertz CT molecular complexity index is 165. The highest BCUT2D eigenvalue weighted by molar-refractivity contribution is 5.61. The molecule has 0 aliphatic rings. The molecule has 0 unspecified atom stereocenters. The van der Waals surface area contributed by atoms with Gasteiger partial charge in [-0.3, -0.25) is 0 Å². The van der Waals surface area contributed by atoms with Crippen LogP contribution in [0.25, 0.3) is 0 Å². The average Bonchev–Trinajstić information content (AvgIpc) is 2.08. The van der Waals surface area contributed by atoms with Gasteiger partial charge < -0.3 is 28.0 Å². The highest BCUT2D eigenvalue weighted by atomic mass is 16.4. The van der Waals surface area contributed by atoms with Crippen LogP contribution in [0.3, 0.4) is 0 Å². The fourth-order valence-corrected chi connectivity index (χ4v) is 1.21. The zero-order chi connectivity index (χ0) is 13.0. The standard InChI is InChI=1S/C9H23N3.CH3NO2/c1-2-3-4-5-6-7-8-9(10,11)12;2-1(3)4/h2-8,10-12H2,1H3;2H2,(H,3,4). The zero-order valence-corrected chi connectivity index (χ0v) is 10.1. The maximum Gasteiger partial charge on any atom is 0.402 e. The molecule has 0 radical (unpaired) electrons. The molecule has 0 aliphatic carbocycles. The first kappa shape index (κ1) is 17.5. The summed E-state index contributed by atoms with van der Waals surface area (Å²) in [4.78, 5) is 8.78. The van der Waals surface area contributed by atoms with E-state index in [9.17, 15) is 0 Å². The molecular formula is C10H26N4O2. The second-order valence-corrected chi connectivity index (χ2v) is 3.97. The molecule has 0 bridgehead atoms. The molecule has 0 aliphatic heterocycles. The topological polar surface area (TPSA) is 141 Å². The molecule has 6 nitrogen and oxygen atoms in total. The van der Waals surface area contributed by atoms with Crippen LogP contribution in [0.5, 0.6) is 0 Å². The monoisotopic (exact) mass is 234 g/mol. The average molecular weight is 234 g/mol. The first-order chi connectivity index (χ1) is 7.29. The van der Waals surface area contributed by atoms with Gasteiger partial charge in [0.15, 0.2) is 0 Å². The molecule has 98 valence electrons. The fourth-order valence-electron chi connectivity index (χ4n) is 1.21. The predicted molar refractivity (Wildman–Crippen MR) is 65.5 cm³/mol. The Balaban J connectivity index is 0. The van der Waals surface area contributed by atoms with E-state index in [1.807, 2.05) is 0 Å². The molecule has 0 rings (SSSR count). The van der Waals surface area contributed by atoms with Gasteiger partial charge in [0.1, 0.15) is 5.79 Å². The number of amides is 1. The van der Waals surface area contributed by atoms with Crippen LogP contribution in [-0.2, 0) is 0 Å². The Labute approximate surface area is 97.3 Å². The van der Waals surface area contributed by atoms with Crippen LogP contribution in [0.1, 0.15) is 51.9 Å². The molecule has 0 saturated carbocycles. The molecule has 0 atom stereocenters. The number of hydrogen-bond acceptors (Lipinski definition) is 4. The van der Waals surface area contributed by atoms with Crippen molar-refractivity contribution in [2.75, 3.05) is 0 Å². The minimum atomic E-state index is -1.33. The molecule has 0 heterocycles. The minimum absolute atomic E-state index is 0.721. The molecule has 0 aromatic carbocycles. The van der Waals surface area contributed by atoms with Gasteiger partial charge in [-0.1, -0.05) is 39.0 Å². The van der Waals surface area contributed by atoms with Gasteiger partial charge >= 0.3 is 6.09 Å². The Hall–Kier alpha value is -0.850. The van der Waals surface area contributed by atoms with E-state index < -0.39 is 11.9 Å². The molecule has 16 heavy (non-hydrogen) atoms. The van der Waals surface area contributed by atoms with E-state index in [-0.39, 0.29) is 0 Å². The smallest absolute Gasteiger partial charge is 0.402 e. The number of rotatable bonds is 7. The normalized spacial score (nSPS) is 10.5. The van der Waals surface area contributed by atoms with Crippen molar-refractivity contribution in [3.05, 3.63) is 0 Å². The van der Waals surface area contributed by atoms with Crippen LogP contribution >= 0.6 is 0 Å². The van der Waals surface area contributed by atoms with Gasteiger partial charge in [-0.15, -0.1) is 0 Å². The Morgan fingerprint density at radius 2 is 1.44 bits per heavy atom. The quantitative estimate of drug-likeness (QED) is 0.328. The summed E-state index contributed by atoms with van der Waals surface area (Å²) in [5.41, 5.74) is 20.3. The van der Waals surface area contributed by atoms with Crippen LogP contribution in [0.4, 0.5) is 4.79 Å². The molecule has 0 fully saturated rings. The number of hydrogen-bond donors (Lipinski definition) is 5. The first-order valence-corrected chi connectivity index (χ1v) is 5.64. The number of unbranched alkanes of at least 4 members (excludes halogenated alkanes) is 5. The molecule has 6 heteroatoms. The third-order valence-electron chi connectivity index (χ3n) is 1.96. The van der Waals surface area contributed by atoms with Crippen molar-refractivity contribution in [1.29, 1.82) is 0 Å². The largest absolute Gasteiger partial charge is 0.465 e. The fraction of sp³-hybridized carbons (Fsp3) is 0.900. The number of nitrogens with two attached hydrogens (primary N) is 4. The van der Waals surface area contributed by atoms with Gasteiger partial charge in [-0.2, -0.15) is 0 Å². The summed E-state index contributed by atoms with van der Waals surface area (Å²) in [6.45, 7) is 2.21. The Kier molecular flexibility index (Phi) is 11.7. The lowest BCUT2D eigenvalue weighted by atomic mass is 10.1. The molecular weight excluding hydrogens is 208 g/mol. The molecule has 0 aromatic heterocycles. The summed E-state index contributed by atoms with van der Waals surface area (Å²) in [6.07, 6.45) is 6.86. The molecule has 9 N–H and O–H groups in total. The van der Waals surface area contributed by atoms with Crippen molar-refractivity contribution < 1.29 is 9.90 Å². The van der Waals surface area contributed by atoms with Crippen LogP contribution in [0.2, 0.25) is 0 Å². The van der Waals surface area contributed by atoms with E-state index in [0.29, 0.717) is 0 Å². The van der Waals surface area contributed by atoms with E-state index in [1.165, 1.54) is 32.1 Å². The summed E-state index contributed by atoms with van der Waals surface area (Å²) in [6, 6.07) is 0. The summed E-state index contributed by atoms with van der Waals surface area (Å²) in [7, 11) is 0. The molecule has 0 saturated heterocycles. The molecule has 1 amide bonds. The van der Waals surface area contributed by atoms with E-state index >= 15 is 0 Å². The van der Waals surface area contributed by atoms with Gasteiger partial charge in [0.05, 0.1) is 0 Å². The predicted octanol–water partition coefficient (Wildman–Crippen LogP) is 0.890. The SMILES string of the molecule is CCCCCCCCC(N)(N)N.NC(=O)O. The van der Waals surface area contributed by atoms with E-state index in [1.54, 1.807) is 0 Å². The van der Waals surface area contributed by atoms with Crippen molar-refractivity contribution >= 4 is 6.09 Å². The lowest BCUT2D eigenvalue weighted by molar-refractivity contribution is 0.205. The highest BCUT2D eigenvalue weighted by Gasteiger charge is 2.09. The second kappa shape index (κ2) is 10.7. The maximum atomic E-state index is 8.78. The van der Waals surface area contributed by atoms with Crippen LogP contribution in [0, 0.1) is 0 Å². The first-order valence-electron chi connectivity index (χ1n) is 5.64. The van der Waals surface area contributed by atoms with Crippen molar-refractivity contribution in [3.8, 4) is 0 Å². The number of primary amides is 1. The van der Waals surface area contributed by atoms with Crippen molar-refractivity contribution in [1.82, 2.24) is 0 Å². The maximum absolute atomic E-state index is 8.78. The van der Waals surface area contributed by atoms with Crippen molar-refractivity contribution in [3.63, 3.8) is 0 Å². The van der Waals surface area contributed by atoms with Crippen LogP contribution < -0.4 is 22.9 Å². The van der Waals surface area contributed by atoms with Crippen molar-refractivity contribution in [2.45, 2.75) is 57.7 Å². The summed E-state index contributed by atoms with van der Waals surface area (Å²) >= 11 is 0. The third-order valence-corrected chi connectivity index (χ3v) is 1.96. The van der Waals surface area contributed by atoms with Crippen LogP contribution in [-0.4, -0.2) is 17.0 Å². The third kappa shape index (κ3) is 29.2. The van der Waals surface area contributed by atoms with E-state index in [0.717, 1.165) is 12.8 Å². The lowest BCUT2D eigenvalue weighted by Crippen LogP contribution is -2.57. The molecule has 0 spiro atoms. The van der Waals surface area contributed by atoms with Gasteiger partial charge in [0.2, 0.25) is 0 Å². The summed E-state index contributed by atoms with van der Waals surface area (Å²) in [5, 5.41) is 7.19. The summed E-state index contributed by atoms with van der Waals surface area (Å²) < 4.78 is 0. The van der Waals surface area contributed by atoms with E-state index in [4.69, 9.17) is 27.1 Å². The molecule has 0 aromatic rings. The summed E-state index contributed by atoms with van der Waals surface area (Å²) in [5.74, 6) is -0.954. The van der Waals surface area contributed by atoms with Gasteiger partial charge in [-0.25, -0.2) is 4.79 Å². The zero-order valence-electron chi connectivity index (χ0n) is 10.1. The van der Waals surface area contributed by atoms with Gasteiger partial charge in [0.25, 0.3) is 0 Å². The lowest BCUT2D eigenvalue weighted by Gasteiger charge is -2.17.